The molecule has 0 aliphatic heterocycles. The van der Waals surface area contributed by atoms with Crippen LogP contribution in [0, 0.1) is 5.82 Å². The van der Waals surface area contributed by atoms with E-state index in [-0.39, 0.29) is 10.6 Å². The standard InChI is InChI=1S/C14H17FN4O3S/c1-9(10-4-11(15)7-17-6-10)18-23(21,22)12-5-13(14(20)16-2)19(3)8-12/h4-9,18H,1-3H3,(H,16,20)/t9-/m1/s1. The van der Waals surface area contributed by atoms with Crippen molar-refractivity contribution in [1.29, 1.82) is 0 Å². The molecule has 124 valence electrons. The lowest BCUT2D eigenvalue weighted by Gasteiger charge is -2.13. The largest absolute Gasteiger partial charge is 0.354 e. The Kier molecular flexibility index (Phi) is 4.81. The molecule has 0 aliphatic rings. The lowest BCUT2D eigenvalue weighted by Crippen LogP contribution is -2.26. The van der Waals surface area contributed by atoms with Gasteiger partial charge in [-0.1, -0.05) is 0 Å². The predicted octanol–water partition coefficient (Wildman–Crippen LogP) is 0.958. The minimum absolute atomic E-state index is 0.0465. The van der Waals surface area contributed by atoms with E-state index in [9.17, 15) is 17.6 Å². The van der Waals surface area contributed by atoms with Gasteiger partial charge in [-0.2, -0.15) is 0 Å². The van der Waals surface area contributed by atoms with Gasteiger partial charge in [0.25, 0.3) is 5.91 Å². The van der Waals surface area contributed by atoms with Crippen LogP contribution in [-0.2, 0) is 17.1 Å². The second-order valence-electron chi connectivity index (χ2n) is 5.03. The van der Waals surface area contributed by atoms with Crippen molar-refractivity contribution in [1.82, 2.24) is 19.6 Å². The Hall–Kier alpha value is -2.26. The zero-order valence-electron chi connectivity index (χ0n) is 12.9. The van der Waals surface area contributed by atoms with E-state index < -0.39 is 27.8 Å². The third-order valence-electron chi connectivity index (χ3n) is 3.31. The number of nitrogens with zero attached hydrogens (tertiary/aromatic N) is 2. The summed E-state index contributed by atoms with van der Waals surface area (Å²) in [6.07, 6.45) is 3.76. The number of rotatable bonds is 5. The maximum atomic E-state index is 13.2. The van der Waals surface area contributed by atoms with Gasteiger partial charge in [-0.15, -0.1) is 0 Å². The number of nitrogens with one attached hydrogen (secondary N) is 2. The van der Waals surface area contributed by atoms with Crippen LogP contribution in [0.4, 0.5) is 4.39 Å². The van der Waals surface area contributed by atoms with E-state index in [1.54, 1.807) is 14.0 Å². The summed E-state index contributed by atoms with van der Waals surface area (Å²) in [5.74, 6) is -0.938. The number of sulfonamides is 1. The Morgan fingerprint density at radius 1 is 1.35 bits per heavy atom. The van der Waals surface area contributed by atoms with Gasteiger partial charge in [0.2, 0.25) is 10.0 Å². The van der Waals surface area contributed by atoms with Crippen LogP contribution >= 0.6 is 0 Å². The van der Waals surface area contributed by atoms with Gasteiger partial charge >= 0.3 is 0 Å². The first-order valence-electron chi connectivity index (χ1n) is 6.76. The molecular formula is C14H17FN4O3S. The normalized spacial score (nSPS) is 12.9. The molecule has 0 aliphatic carbocycles. The molecule has 1 amide bonds. The average molecular weight is 340 g/mol. The van der Waals surface area contributed by atoms with Crippen LogP contribution in [0.25, 0.3) is 0 Å². The van der Waals surface area contributed by atoms with Gasteiger partial charge in [0.15, 0.2) is 0 Å². The molecular weight excluding hydrogens is 323 g/mol. The fraction of sp³-hybridized carbons (Fsp3) is 0.286. The summed E-state index contributed by atoms with van der Waals surface area (Å²) >= 11 is 0. The van der Waals surface area contributed by atoms with Gasteiger partial charge in [-0.3, -0.25) is 9.78 Å². The molecule has 0 spiro atoms. The van der Waals surface area contributed by atoms with Gasteiger partial charge in [0, 0.05) is 32.5 Å². The fourth-order valence-corrected chi connectivity index (χ4v) is 3.37. The summed E-state index contributed by atoms with van der Waals surface area (Å²) < 4.78 is 41.8. The second-order valence-corrected chi connectivity index (χ2v) is 6.74. The highest BCUT2D eigenvalue weighted by molar-refractivity contribution is 7.89. The van der Waals surface area contributed by atoms with Crippen LogP contribution in [0.15, 0.2) is 35.6 Å². The Morgan fingerprint density at radius 2 is 2.04 bits per heavy atom. The van der Waals surface area contributed by atoms with Crippen molar-refractivity contribution in [2.75, 3.05) is 7.05 Å². The second kappa shape index (κ2) is 6.47. The lowest BCUT2D eigenvalue weighted by molar-refractivity contribution is 0.0955. The summed E-state index contributed by atoms with van der Waals surface area (Å²) in [5.41, 5.74) is 0.615. The van der Waals surface area contributed by atoms with Crippen molar-refractivity contribution in [3.8, 4) is 0 Å². The molecule has 23 heavy (non-hydrogen) atoms. The number of pyridine rings is 1. The summed E-state index contributed by atoms with van der Waals surface area (Å²) in [7, 11) is -0.833. The Balaban J connectivity index is 2.27. The monoisotopic (exact) mass is 340 g/mol. The third kappa shape index (κ3) is 3.74. The molecule has 2 heterocycles. The molecule has 2 N–H and O–H groups in total. The topological polar surface area (TPSA) is 93.1 Å². The third-order valence-corrected chi connectivity index (χ3v) is 4.82. The number of carbonyl (C=O) groups is 1. The van der Waals surface area contributed by atoms with Crippen LogP contribution in [0.3, 0.4) is 0 Å². The van der Waals surface area contributed by atoms with Crippen LogP contribution in [0.2, 0.25) is 0 Å². The van der Waals surface area contributed by atoms with Crippen molar-refractivity contribution < 1.29 is 17.6 Å². The molecule has 2 aromatic heterocycles. The smallest absolute Gasteiger partial charge is 0.267 e. The van der Waals surface area contributed by atoms with Crippen LogP contribution in [-0.4, -0.2) is 30.9 Å². The van der Waals surface area contributed by atoms with Crippen LogP contribution < -0.4 is 10.0 Å². The molecule has 2 aromatic rings. The summed E-state index contributed by atoms with van der Waals surface area (Å²) in [4.78, 5) is 15.3. The zero-order valence-corrected chi connectivity index (χ0v) is 13.7. The molecule has 0 bridgehead atoms. The van der Waals surface area contributed by atoms with Crippen molar-refractivity contribution >= 4 is 15.9 Å². The molecule has 0 saturated carbocycles. The van der Waals surface area contributed by atoms with Gasteiger partial charge in [-0.05, 0) is 24.6 Å². The van der Waals surface area contributed by atoms with E-state index >= 15 is 0 Å². The van der Waals surface area contributed by atoms with Gasteiger partial charge < -0.3 is 9.88 Å². The van der Waals surface area contributed by atoms with Crippen molar-refractivity contribution in [3.05, 3.63) is 47.8 Å². The van der Waals surface area contributed by atoms with Gasteiger partial charge in [0.1, 0.15) is 16.4 Å². The minimum atomic E-state index is -3.86. The van der Waals surface area contributed by atoms with Gasteiger partial charge in [0.05, 0.1) is 6.20 Å². The fourth-order valence-electron chi connectivity index (χ4n) is 2.07. The van der Waals surface area contributed by atoms with E-state index in [2.05, 4.69) is 15.0 Å². The summed E-state index contributed by atoms with van der Waals surface area (Å²) in [5, 5.41) is 2.43. The lowest BCUT2D eigenvalue weighted by atomic mass is 10.2. The van der Waals surface area contributed by atoms with Crippen LogP contribution in [0.5, 0.6) is 0 Å². The number of carbonyl (C=O) groups excluding carboxylic acids is 1. The maximum absolute atomic E-state index is 13.2. The van der Waals surface area contributed by atoms with Crippen LogP contribution in [0.1, 0.15) is 29.0 Å². The molecule has 0 fully saturated rings. The zero-order chi connectivity index (χ0) is 17.2. The summed E-state index contributed by atoms with van der Waals surface area (Å²) in [6.45, 7) is 1.58. The number of aromatic nitrogens is 2. The first-order chi connectivity index (χ1) is 10.7. The highest BCUT2D eigenvalue weighted by Crippen LogP contribution is 2.18. The van der Waals surface area contributed by atoms with Crippen molar-refractivity contribution in [3.63, 3.8) is 0 Å². The summed E-state index contributed by atoms with van der Waals surface area (Å²) in [6, 6.07) is 1.81. The van der Waals surface area contributed by atoms with E-state index in [1.165, 1.54) is 36.1 Å². The minimum Gasteiger partial charge on any atom is -0.354 e. The SMILES string of the molecule is CNC(=O)c1cc(S(=O)(=O)N[C@H](C)c2cncc(F)c2)cn1C. The van der Waals surface area contributed by atoms with Gasteiger partial charge in [-0.25, -0.2) is 17.5 Å². The van der Waals surface area contributed by atoms with E-state index in [0.717, 1.165) is 6.20 Å². The first-order valence-corrected chi connectivity index (χ1v) is 8.24. The molecule has 2 rings (SSSR count). The van der Waals surface area contributed by atoms with E-state index in [0.29, 0.717) is 5.56 Å². The predicted molar refractivity (Wildman–Crippen MR) is 81.7 cm³/mol. The number of amides is 1. The average Bonchev–Trinajstić information content (AvgIpc) is 2.89. The molecule has 0 aromatic carbocycles. The number of hydrogen-bond donors (Lipinski definition) is 2. The molecule has 9 heteroatoms. The molecule has 0 unspecified atom stereocenters. The molecule has 0 radical (unpaired) electrons. The Bertz CT molecular complexity index is 832. The quantitative estimate of drug-likeness (QED) is 0.848. The van der Waals surface area contributed by atoms with Crippen molar-refractivity contribution in [2.24, 2.45) is 7.05 Å². The Morgan fingerprint density at radius 3 is 2.65 bits per heavy atom. The number of aryl methyl sites for hydroxylation is 1. The molecule has 0 saturated heterocycles. The highest BCUT2D eigenvalue weighted by atomic mass is 32.2. The molecule has 1 atom stereocenters. The highest BCUT2D eigenvalue weighted by Gasteiger charge is 2.22. The maximum Gasteiger partial charge on any atom is 0.267 e. The number of halogens is 1. The first kappa shape index (κ1) is 17.1. The van der Waals surface area contributed by atoms with E-state index in [4.69, 9.17) is 0 Å². The Labute approximate surface area is 133 Å². The van der Waals surface area contributed by atoms with E-state index in [1.807, 2.05) is 0 Å². The number of hydrogen-bond acceptors (Lipinski definition) is 4. The van der Waals surface area contributed by atoms with Crippen molar-refractivity contribution in [2.45, 2.75) is 17.9 Å². The molecule has 7 nitrogen and oxygen atoms in total.